The van der Waals surface area contributed by atoms with Crippen LogP contribution >= 0.6 is 15.2 Å². The second kappa shape index (κ2) is 11.8. The second-order valence-corrected chi connectivity index (χ2v) is 12.3. The van der Waals surface area contributed by atoms with Gasteiger partial charge in [0.2, 0.25) is 0 Å². The SMILES string of the molecule is C=C(C)C(=O)OCCCOc1c(C)cc(C(C)(C)C)cc1CN(CP(=O)(O)O)CP(=O)(O)O. The lowest BCUT2D eigenvalue weighted by molar-refractivity contribution is -0.139. The van der Waals surface area contributed by atoms with Crippen LogP contribution in [0, 0.1) is 6.92 Å². The Balaban J connectivity index is 3.18. The second-order valence-electron chi connectivity index (χ2n) is 9.09. The van der Waals surface area contributed by atoms with Crippen LogP contribution in [0.15, 0.2) is 24.3 Å². The molecule has 1 aromatic carbocycles. The van der Waals surface area contributed by atoms with Gasteiger partial charge in [0.1, 0.15) is 18.3 Å². The highest BCUT2D eigenvalue weighted by Crippen LogP contribution is 2.42. The zero-order valence-corrected chi connectivity index (χ0v) is 21.6. The molecule has 0 aromatic heterocycles. The Hall–Kier alpha value is -1.51. The predicted molar refractivity (Wildman–Crippen MR) is 125 cm³/mol. The highest BCUT2D eigenvalue weighted by atomic mass is 31.2. The van der Waals surface area contributed by atoms with Crippen molar-refractivity contribution in [1.82, 2.24) is 4.90 Å². The van der Waals surface area contributed by atoms with E-state index in [1.807, 2.05) is 39.8 Å². The van der Waals surface area contributed by atoms with Crippen molar-refractivity contribution in [2.24, 2.45) is 0 Å². The van der Waals surface area contributed by atoms with Crippen LogP contribution in [-0.4, -0.2) is 56.2 Å². The quantitative estimate of drug-likeness (QED) is 0.143. The Labute approximate surface area is 194 Å². The van der Waals surface area contributed by atoms with E-state index in [-0.39, 0.29) is 25.2 Å². The number of rotatable bonds is 12. The summed E-state index contributed by atoms with van der Waals surface area (Å²) in [5, 5.41) is 0. The Kier molecular flexibility index (Phi) is 10.5. The Bertz CT molecular complexity index is 920. The van der Waals surface area contributed by atoms with E-state index in [1.54, 1.807) is 6.92 Å². The first kappa shape index (κ1) is 29.5. The fourth-order valence-electron chi connectivity index (χ4n) is 3.03. The van der Waals surface area contributed by atoms with Gasteiger partial charge in [-0.15, -0.1) is 0 Å². The number of hydrogen-bond acceptors (Lipinski definition) is 6. The molecule has 33 heavy (non-hydrogen) atoms. The number of aryl methyl sites for hydroxylation is 1. The first-order chi connectivity index (χ1) is 14.9. The summed E-state index contributed by atoms with van der Waals surface area (Å²) in [6.07, 6.45) is -1.23. The van der Waals surface area contributed by atoms with Crippen LogP contribution in [0.5, 0.6) is 5.75 Å². The van der Waals surface area contributed by atoms with Gasteiger partial charge in [-0.1, -0.05) is 39.5 Å². The van der Waals surface area contributed by atoms with E-state index < -0.39 is 33.7 Å². The Morgan fingerprint density at radius 1 is 1.06 bits per heavy atom. The van der Waals surface area contributed by atoms with Crippen molar-refractivity contribution in [3.63, 3.8) is 0 Å². The molecule has 0 unspecified atom stereocenters. The normalized spacial score (nSPS) is 12.7. The van der Waals surface area contributed by atoms with Crippen molar-refractivity contribution >= 4 is 21.2 Å². The predicted octanol–water partition coefficient (Wildman–Crippen LogP) is 3.25. The first-order valence-electron chi connectivity index (χ1n) is 10.3. The Morgan fingerprint density at radius 3 is 2.06 bits per heavy atom. The van der Waals surface area contributed by atoms with E-state index in [0.717, 1.165) is 16.0 Å². The minimum absolute atomic E-state index is 0.128. The lowest BCUT2D eigenvalue weighted by Crippen LogP contribution is -2.26. The molecule has 1 aromatic rings. The monoisotopic (exact) mass is 507 g/mol. The van der Waals surface area contributed by atoms with Crippen LogP contribution in [0.2, 0.25) is 0 Å². The number of esters is 1. The highest BCUT2D eigenvalue weighted by molar-refractivity contribution is 7.52. The van der Waals surface area contributed by atoms with Crippen LogP contribution in [-0.2, 0) is 30.6 Å². The zero-order valence-electron chi connectivity index (χ0n) is 19.8. The number of carbonyl (C=O) groups is 1. The summed E-state index contributed by atoms with van der Waals surface area (Å²) in [6.45, 7) is 13.1. The van der Waals surface area contributed by atoms with Crippen LogP contribution in [0.25, 0.3) is 0 Å². The van der Waals surface area contributed by atoms with Gasteiger partial charge in [-0.3, -0.25) is 14.0 Å². The van der Waals surface area contributed by atoms with Crippen molar-refractivity contribution in [2.45, 2.75) is 53.0 Å². The van der Waals surface area contributed by atoms with E-state index in [0.29, 0.717) is 23.3 Å². The van der Waals surface area contributed by atoms with Crippen LogP contribution < -0.4 is 4.74 Å². The molecule has 0 aliphatic carbocycles. The van der Waals surface area contributed by atoms with Gasteiger partial charge in [-0.25, -0.2) is 4.79 Å². The molecular formula is C21H35NO9P2. The molecule has 188 valence electrons. The number of benzene rings is 1. The van der Waals surface area contributed by atoms with Gasteiger partial charge in [-0.05, 0) is 30.4 Å². The van der Waals surface area contributed by atoms with Crippen molar-refractivity contribution in [3.05, 3.63) is 41.0 Å². The number of carbonyl (C=O) groups excluding carboxylic acids is 1. The smallest absolute Gasteiger partial charge is 0.339 e. The average Bonchev–Trinajstić information content (AvgIpc) is 2.58. The molecule has 0 bridgehead atoms. The molecule has 4 N–H and O–H groups in total. The van der Waals surface area contributed by atoms with E-state index in [2.05, 4.69) is 6.58 Å². The lowest BCUT2D eigenvalue weighted by Gasteiger charge is -2.27. The molecule has 0 aliphatic heterocycles. The van der Waals surface area contributed by atoms with Gasteiger partial charge in [0, 0.05) is 24.1 Å². The number of hydrogen-bond donors (Lipinski definition) is 4. The zero-order chi connectivity index (χ0) is 25.6. The summed E-state index contributed by atoms with van der Waals surface area (Å²) in [6, 6.07) is 3.76. The largest absolute Gasteiger partial charge is 0.493 e. The number of ether oxygens (including phenoxy) is 2. The maximum absolute atomic E-state index is 11.6. The third kappa shape index (κ3) is 11.5. The molecule has 0 atom stereocenters. The average molecular weight is 507 g/mol. The summed E-state index contributed by atoms with van der Waals surface area (Å²) in [7, 11) is -9.16. The molecule has 0 aliphatic rings. The third-order valence-electron chi connectivity index (χ3n) is 4.50. The van der Waals surface area contributed by atoms with E-state index in [9.17, 15) is 33.5 Å². The van der Waals surface area contributed by atoms with Gasteiger partial charge < -0.3 is 29.0 Å². The van der Waals surface area contributed by atoms with Crippen molar-refractivity contribution in [2.75, 3.05) is 25.8 Å². The topological polar surface area (TPSA) is 154 Å². The van der Waals surface area contributed by atoms with Gasteiger partial charge >= 0.3 is 21.2 Å². The molecule has 0 fully saturated rings. The highest BCUT2D eigenvalue weighted by Gasteiger charge is 2.28. The molecule has 10 nitrogen and oxygen atoms in total. The Morgan fingerprint density at radius 2 is 1.61 bits per heavy atom. The van der Waals surface area contributed by atoms with E-state index >= 15 is 0 Å². The third-order valence-corrected chi connectivity index (χ3v) is 6.03. The van der Waals surface area contributed by atoms with Gasteiger partial charge in [-0.2, -0.15) is 0 Å². The minimum atomic E-state index is -4.58. The summed E-state index contributed by atoms with van der Waals surface area (Å²) >= 11 is 0. The maximum Gasteiger partial charge on any atom is 0.339 e. The molecule has 1 rings (SSSR count). The summed E-state index contributed by atoms with van der Waals surface area (Å²) in [5.74, 6) is -0.0393. The molecular weight excluding hydrogens is 472 g/mol. The van der Waals surface area contributed by atoms with Crippen molar-refractivity contribution in [1.29, 1.82) is 0 Å². The van der Waals surface area contributed by atoms with Crippen molar-refractivity contribution < 1.29 is 43.0 Å². The summed E-state index contributed by atoms with van der Waals surface area (Å²) in [5.41, 5.74) is 2.29. The summed E-state index contributed by atoms with van der Waals surface area (Å²) < 4.78 is 34.1. The number of nitrogens with zero attached hydrogens (tertiary/aromatic N) is 1. The molecule has 0 heterocycles. The molecule has 0 radical (unpaired) electrons. The molecule has 0 saturated carbocycles. The molecule has 0 saturated heterocycles. The van der Waals surface area contributed by atoms with Crippen LogP contribution in [0.4, 0.5) is 0 Å². The van der Waals surface area contributed by atoms with Gasteiger partial charge in [0.15, 0.2) is 0 Å². The van der Waals surface area contributed by atoms with E-state index in [1.165, 1.54) is 0 Å². The van der Waals surface area contributed by atoms with Crippen LogP contribution in [0.1, 0.15) is 50.8 Å². The maximum atomic E-state index is 11.6. The van der Waals surface area contributed by atoms with Gasteiger partial charge in [0.25, 0.3) is 0 Å². The first-order valence-corrected chi connectivity index (χ1v) is 13.9. The molecule has 0 spiro atoms. The molecule has 12 heteroatoms. The van der Waals surface area contributed by atoms with Crippen molar-refractivity contribution in [3.8, 4) is 5.75 Å². The lowest BCUT2D eigenvalue weighted by atomic mass is 9.85. The van der Waals surface area contributed by atoms with Crippen LogP contribution in [0.3, 0.4) is 0 Å². The van der Waals surface area contributed by atoms with E-state index in [4.69, 9.17) is 9.47 Å². The fourth-order valence-corrected chi connectivity index (χ4v) is 4.63. The van der Waals surface area contributed by atoms with Gasteiger partial charge in [0.05, 0.1) is 13.2 Å². The fraction of sp³-hybridized carbons (Fsp3) is 0.571. The minimum Gasteiger partial charge on any atom is -0.493 e. The summed E-state index contributed by atoms with van der Waals surface area (Å²) in [4.78, 5) is 50.1. The standard InChI is InChI=1S/C21H35NO9P2/c1-15(2)20(23)31-9-7-8-30-19-16(3)10-18(21(4,5)6)11-17(19)12-22(13-32(24,25)26)14-33(27,28)29/h10-11H,1,7-9,12-14H2,2-6H3,(H2,24,25,26)(H2,27,28,29). The molecule has 0 amide bonds.